The number of aromatic nitrogens is 1. The van der Waals surface area contributed by atoms with E-state index in [-0.39, 0.29) is 0 Å². The molecule has 1 unspecified atom stereocenters. The number of likely N-dealkylation sites (N-methyl/N-ethyl adjacent to an activating group) is 1. The molecule has 0 saturated carbocycles. The van der Waals surface area contributed by atoms with Crippen molar-refractivity contribution in [2.75, 3.05) is 20.1 Å². The summed E-state index contributed by atoms with van der Waals surface area (Å²) in [5, 5.41) is 7.71. The van der Waals surface area contributed by atoms with Crippen LogP contribution < -0.4 is 5.32 Å². The Morgan fingerprint density at radius 3 is 2.86 bits per heavy atom. The van der Waals surface area contributed by atoms with Crippen molar-refractivity contribution in [3.8, 4) is 11.3 Å². The molecular formula is C17H23N3O. The lowest BCUT2D eigenvalue weighted by Gasteiger charge is -2.19. The molecule has 1 saturated heterocycles. The molecule has 1 N–H and O–H groups in total. The Labute approximate surface area is 126 Å². The van der Waals surface area contributed by atoms with E-state index in [1.165, 1.54) is 18.4 Å². The average molecular weight is 285 g/mol. The zero-order valence-electron chi connectivity index (χ0n) is 12.8. The van der Waals surface area contributed by atoms with Gasteiger partial charge in [0.2, 0.25) is 0 Å². The molecule has 0 spiro atoms. The van der Waals surface area contributed by atoms with Gasteiger partial charge in [-0.1, -0.05) is 35.0 Å². The number of aryl methyl sites for hydroxylation is 1. The van der Waals surface area contributed by atoms with Crippen molar-refractivity contribution in [3.05, 3.63) is 41.7 Å². The Morgan fingerprint density at radius 2 is 2.14 bits per heavy atom. The minimum Gasteiger partial charge on any atom is -0.359 e. The van der Waals surface area contributed by atoms with Gasteiger partial charge in [-0.25, -0.2) is 0 Å². The summed E-state index contributed by atoms with van der Waals surface area (Å²) >= 11 is 0. The summed E-state index contributed by atoms with van der Waals surface area (Å²) in [6.07, 6.45) is 2.56. The van der Waals surface area contributed by atoms with E-state index in [4.69, 9.17) is 4.52 Å². The van der Waals surface area contributed by atoms with Gasteiger partial charge in [-0.3, -0.25) is 4.90 Å². The molecule has 0 amide bonds. The Kier molecular flexibility index (Phi) is 4.36. The Hall–Kier alpha value is -1.65. The summed E-state index contributed by atoms with van der Waals surface area (Å²) in [6.45, 7) is 5.10. The quantitative estimate of drug-likeness (QED) is 0.917. The third-order valence-corrected chi connectivity index (χ3v) is 4.03. The van der Waals surface area contributed by atoms with Crippen LogP contribution in [0.15, 0.2) is 34.9 Å². The van der Waals surface area contributed by atoms with Crippen LogP contribution in [0, 0.1) is 6.92 Å². The van der Waals surface area contributed by atoms with E-state index in [1.54, 1.807) is 0 Å². The van der Waals surface area contributed by atoms with Crippen molar-refractivity contribution >= 4 is 0 Å². The molecular weight excluding hydrogens is 262 g/mol. The Bertz CT molecular complexity index is 570. The highest BCUT2D eigenvalue weighted by atomic mass is 16.5. The highest BCUT2D eigenvalue weighted by Gasteiger charge is 2.17. The van der Waals surface area contributed by atoms with Crippen LogP contribution in [0.25, 0.3) is 11.3 Å². The van der Waals surface area contributed by atoms with Gasteiger partial charge in [0.15, 0.2) is 5.76 Å². The highest BCUT2D eigenvalue weighted by Crippen LogP contribution is 2.20. The van der Waals surface area contributed by atoms with Gasteiger partial charge in [0.25, 0.3) is 0 Å². The summed E-state index contributed by atoms with van der Waals surface area (Å²) in [7, 11) is 2.13. The van der Waals surface area contributed by atoms with Crippen molar-refractivity contribution in [1.29, 1.82) is 0 Å². The third kappa shape index (κ3) is 3.71. The first-order valence-electron chi connectivity index (χ1n) is 7.65. The standard InChI is InChI=1S/C17H23N3O/c1-13-5-7-14(8-6-13)17-10-16(21-19-17)12-20(2)11-15-4-3-9-18-15/h5-8,10,15,18H,3-4,9,11-12H2,1-2H3. The smallest absolute Gasteiger partial charge is 0.151 e. The number of nitrogens with zero attached hydrogens (tertiary/aromatic N) is 2. The highest BCUT2D eigenvalue weighted by molar-refractivity contribution is 5.59. The predicted molar refractivity (Wildman–Crippen MR) is 84.0 cm³/mol. The summed E-state index contributed by atoms with van der Waals surface area (Å²) < 4.78 is 5.47. The fourth-order valence-electron chi connectivity index (χ4n) is 2.87. The Morgan fingerprint density at radius 1 is 1.33 bits per heavy atom. The molecule has 1 fully saturated rings. The van der Waals surface area contributed by atoms with Crippen molar-refractivity contribution in [2.24, 2.45) is 0 Å². The first-order valence-corrected chi connectivity index (χ1v) is 7.65. The molecule has 1 aliphatic rings. The summed E-state index contributed by atoms with van der Waals surface area (Å²) in [5.41, 5.74) is 3.28. The van der Waals surface area contributed by atoms with Crippen LogP contribution >= 0.6 is 0 Å². The van der Waals surface area contributed by atoms with Crippen LogP contribution in [0.1, 0.15) is 24.2 Å². The lowest BCUT2D eigenvalue weighted by Crippen LogP contribution is -2.34. The van der Waals surface area contributed by atoms with Crippen molar-refractivity contribution in [2.45, 2.75) is 32.4 Å². The second kappa shape index (κ2) is 6.41. The maximum atomic E-state index is 5.47. The molecule has 4 heteroatoms. The third-order valence-electron chi connectivity index (χ3n) is 4.03. The van der Waals surface area contributed by atoms with Crippen LogP contribution in [0.3, 0.4) is 0 Å². The van der Waals surface area contributed by atoms with Crippen molar-refractivity contribution in [1.82, 2.24) is 15.4 Å². The minimum atomic E-state index is 0.620. The molecule has 112 valence electrons. The predicted octanol–water partition coefficient (Wildman–Crippen LogP) is 2.83. The number of hydrogen-bond acceptors (Lipinski definition) is 4. The van der Waals surface area contributed by atoms with E-state index in [2.05, 4.69) is 53.6 Å². The number of hydrogen-bond donors (Lipinski definition) is 1. The molecule has 1 atom stereocenters. The summed E-state index contributed by atoms with van der Waals surface area (Å²) in [5.74, 6) is 0.922. The fourth-order valence-corrected chi connectivity index (χ4v) is 2.87. The van der Waals surface area contributed by atoms with Crippen molar-refractivity contribution < 1.29 is 4.52 Å². The monoisotopic (exact) mass is 285 g/mol. The normalized spacial score (nSPS) is 18.5. The molecule has 4 nitrogen and oxygen atoms in total. The van der Waals surface area contributed by atoms with E-state index >= 15 is 0 Å². The lowest BCUT2D eigenvalue weighted by atomic mass is 10.1. The molecule has 3 rings (SSSR count). The van der Waals surface area contributed by atoms with Gasteiger partial charge in [0, 0.05) is 24.2 Å². The maximum absolute atomic E-state index is 5.47. The van der Waals surface area contributed by atoms with Gasteiger partial charge in [0.1, 0.15) is 5.69 Å². The second-order valence-electron chi connectivity index (χ2n) is 6.03. The number of rotatable bonds is 5. The topological polar surface area (TPSA) is 41.3 Å². The minimum absolute atomic E-state index is 0.620. The maximum Gasteiger partial charge on any atom is 0.151 e. The number of nitrogens with one attached hydrogen (secondary N) is 1. The van der Waals surface area contributed by atoms with Crippen LogP contribution in [0.5, 0.6) is 0 Å². The van der Waals surface area contributed by atoms with Gasteiger partial charge in [-0.05, 0) is 33.4 Å². The number of benzene rings is 1. The second-order valence-corrected chi connectivity index (χ2v) is 6.03. The molecule has 1 aromatic carbocycles. The first-order chi connectivity index (χ1) is 10.2. The van der Waals surface area contributed by atoms with Crippen molar-refractivity contribution in [3.63, 3.8) is 0 Å². The van der Waals surface area contributed by atoms with Gasteiger partial charge >= 0.3 is 0 Å². The van der Waals surface area contributed by atoms with E-state index in [0.29, 0.717) is 6.04 Å². The summed E-state index contributed by atoms with van der Waals surface area (Å²) in [6, 6.07) is 11.0. The molecule has 2 aromatic rings. The zero-order chi connectivity index (χ0) is 14.7. The van der Waals surface area contributed by atoms with Crippen LogP contribution in [0.2, 0.25) is 0 Å². The Balaban J connectivity index is 1.60. The zero-order valence-corrected chi connectivity index (χ0v) is 12.8. The molecule has 0 radical (unpaired) electrons. The van der Waals surface area contributed by atoms with E-state index in [9.17, 15) is 0 Å². The molecule has 2 heterocycles. The van der Waals surface area contributed by atoms with E-state index < -0.39 is 0 Å². The van der Waals surface area contributed by atoms with Gasteiger partial charge in [0.05, 0.1) is 6.54 Å². The van der Waals surface area contributed by atoms with Crippen LogP contribution in [-0.4, -0.2) is 36.2 Å². The summed E-state index contributed by atoms with van der Waals surface area (Å²) in [4.78, 5) is 2.29. The van der Waals surface area contributed by atoms with Crippen LogP contribution in [-0.2, 0) is 6.54 Å². The molecule has 1 aliphatic heterocycles. The molecule has 0 bridgehead atoms. The van der Waals surface area contributed by atoms with E-state index in [1.807, 2.05) is 6.07 Å². The van der Waals surface area contributed by atoms with Gasteiger partial charge < -0.3 is 9.84 Å². The SMILES string of the molecule is Cc1ccc(-c2cc(CN(C)CC3CCCN3)on2)cc1. The fraction of sp³-hybridized carbons (Fsp3) is 0.471. The first kappa shape index (κ1) is 14.3. The average Bonchev–Trinajstić information content (AvgIpc) is 3.11. The molecule has 0 aliphatic carbocycles. The van der Waals surface area contributed by atoms with Gasteiger partial charge in [-0.2, -0.15) is 0 Å². The van der Waals surface area contributed by atoms with Crippen LogP contribution in [0.4, 0.5) is 0 Å². The lowest BCUT2D eigenvalue weighted by molar-refractivity contribution is 0.254. The van der Waals surface area contributed by atoms with E-state index in [0.717, 1.165) is 36.7 Å². The molecule has 21 heavy (non-hydrogen) atoms. The van der Waals surface area contributed by atoms with Gasteiger partial charge in [-0.15, -0.1) is 0 Å². The molecule has 1 aromatic heterocycles. The largest absolute Gasteiger partial charge is 0.359 e.